The van der Waals surface area contributed by atoms with Crippen LogP contribution in [0.1, 0.15) is 52.0 Å². The predicted octanol–water partition coefficient (Wildman–Crippen LogP) is 4.69. The number of nitrogens with one attached hydrogen (secondary N) is 1. The molecule has 0 saturated heterocycles. The van der Waals surface area contributed by atoms with Gasteiger partial charge in [0, 0.05) is 23.1 Å². The fourth-order valence-corrected chi connectivity index (χ4v) is 4.35. The molecule has 0 unspecified atom stereocenters. The molecule has 0 aromatic heterocycles. The van der Waals surface area contributed by atoms with Gasteiger partial charge in [0.05, 0.1) is 18.2 Å². The fourth-order valence-electron chi connectivity index (χ4n) is 4.35. The number of hydrogen-bond acceptors (Lipinski definition) is 3. The molecule has 1 N–H and O–H groups in total. The Morgan fingerprint density at radius 2 is 1.86 bits per heavy atom. The number of allylic oxidation sites excluding steroid dienone is 2. The van der Waals surface area contributed by atoms with Crippen molar-refractivity contribution in [3.8, 4) is 6.07 Å². The first-order valence-electron chi connectivity index (χ1n) is 9.34. The molecule has 2 aliphatic rings. The Bertz CT molecular complexity index is 1100. The summed E-state index contributed by atoms with van der Waals surface area (Å²) in [7, 11) is 0. The summed E-state index contributed by atoms with van der Waals surface area (Å²) in [6.45, 7) is 3.10. The van der Waals surface area contributed by atoms with Gasteiger partial charge in [-0.25, -0.2) is 0 Å². The summed E-state index contributed by atoms with van der Waals surface area (Å²) in [4.78, 5) is 13.3. The van der Waals surface area contributed by atoms with E-state index in [0.29, 0.717) is 28.7 Å². The van der Waals surface area contributed by atoms with Gasteiger partial charge in [0.15, 0.2) is 5.78 Å². The minimum atomic E-state index is -4.26. The van der Waals surface area contributed by atoms with E-state index in [-0.39, 0.29) is 12.3 Å². The summed E-state index contributed by atoms with van der Waals surface area (Å²) in [5, 5.41) is 11.6. The highest BCUT2D eigenvalue weighted by Gasteiger charge is 2.42. The number of nitrogens with zero attached hydrogens (tertiary/aromatic N) is 1. The molecular weight excluding hydrogens is 377 g/mol. The third-order valence-corrected chi connectivity index (χ3v) is 5.81. The maximum Gasteiger partial charge on any atom is 0.401 e. The van der Waals surface area contributed by atoms with E-state index in [1.54, 1.807) is 18.2 Å². The number of ketones is 1. The Morgan fingerprint density at radius 1 is 1.14 bits per heavy atom. The number of alkyl halides is 3. The lowest BCUT2D eigenvalue weighted by Crippen LogP contribution is -2.31. The normalized spacial score (nSPS) is 16.9. The summed E-state index contributed by atoms with van der Waals surface area (Å²) in [6, 6.07) is 12.8. The van der Waals surface area contributed by atoms with Gasteiger partial charge < -0.3 is 5.32 Å². The molecule has 2 aromatic carbocycles. The Kier molecular flexibility index (Phi) is 4.39. The van der Waals surface area contributed by atoms with Gasteiger partial charge in [-0.15, -0.1) is 0 Å². The third kappa shape index (κ3) is 3.26. The predicted molar refractivity (Wildman–Crippen MR) is 103 cm³/mol. The van der Waals surface area contributed by atoms with Gasteiger partial charge >= 0.3 is 6.18 Å². The number of rotatable bonds is 3. The van der Waals surface area contributed by atoms with Crippen LogP contribution in [0.5, 0.6) is 0 Å². The van der Waals surface area contributed by atoms with Crippen molar-refractivity contribution < 1.29 is 18.0 Å². The lowest BCUT2D eigenvalue weighted by atomic mass is 9.68. The number of fused-ring (bicyclic) bond motifs is 3. The van der Waals surface area contributed by atoms with Crippen LogP contribution in [0.15, 0.2) is 42.0 Å². The van der Waals surface area contributed by atoms with Crippen LogP contribution >= 0.6 is 0 Å². The van der Waals surface area contributed by atoms with E-state index in [0.717, 1.165) is 22.3 Å². The van der Waals surface area contributed by atoms with Crippen molar-refractivity contribution in [2.45, 2.75) is 38.4 Å². The number of halogens is 3. The Labute approximate surface area is 166 Å². The molecule has 0 spiro atoms. The van der Waals surface area contributed by atoms with Crippen LogP contribution in [0.4, 0.5) is 13.2 Å². The summed E-state index contributed by atoms with van der Waals surface area (Å²) in [5.41, 5.74) is 5.79. The number of benzene rings is 2. The average Bonchev–Trinajstić information content (AvgIpc) is 3.05. The topological polar surface area (TPSA) is 52.9 Å². The first-order valence-corrected chi connectivity index (χ1v) is 9.34. The molecular formula is C23H19F3N2O. The van der Waals surface area contributed by atoms with E-state index in [4.69, 9.17) is 5.26 Å². The summed E-state index contributed by atoms with van der Waals surface area (Å²) in [5.74, 6) is -0.0624. The second kappa shape index (κ2) is 6.57. The zero-order chi connectivity index (χ0) is 21.0. The lowest BCUT2D eigenvalue weighted by molar-refractivity contribution is -0.125. The second-order valence-electron chi connectivity index (χ2n) is 8.07. The molecule has 0 atom stereocenters. The smallest absolute Gasteiger partial charge is 0.305 e. The van der Waals surface area contributed by atoms with Crippen molar-refractivity contribution in [1.82, 2.24) is 5.32 Å². The van der Waals surface area contributed by atoms with Crippen LogP contribution in [-0.4, -0.2) is 18.5 Å². The molecule has 0 bridgehead atoms. The molecule has 2 aromatic rings. The Morgan fingerprint density at radius 3 is 2.55 bits per heavy atom. The van der Waals surface area contributed by atoms with Crippen molar-refractivity contribution in [2.24, 2.45) is 0 Å². The first-order chi connectivity index (χ1) is 13.6. The molecule has 29 heavy (non-hydrogen) atoms. The van der Waals surface area contributed by atoms with E-state index in [2.05, 4.69) is 11.4 Å². The van der Waals surface area contributed by atoms with E-state index < -0.39 is 18.1 Å². The SMILES string of the molecule is CC1(C)C2=C(C(=O)c3ccc(CNCC(F)(F)F)cc31)c1ccc(C#N)cc1C2. The maximum absolute atomic E-state index is 13.3. The monoisotopic (exact) mass is 396 g/mol. The molecule has 0 aliphatic heterocycles. The standard InChI is InChI=1S/C23H19F3N2O/c1-22(2)18-8-14(11-28-12-23(24,25)26)4-6-17(18)21(29)20-16-5-3-13(10-27)7-15(16)9-19(20)22/h3-8,28H,9,11-12H2,1-2H3. The van der Waals surface area contributed by atoms with E-state index >= 15 is 0 Å². The van der Waals surface area contributed by atoms with Gasteiger partial charge in [0.2, 0.25) is 0 Å². The van der Waals surface area contributed by atoms with Crippen molar-refractivity contribution in [2.75, 3.05) is 6.54 Å². The zero-order valence-electron chi connectivity index (χ0n) is 16.1. The molecule has 0 saturated carbocycles. The van der Waals surface area contributed by atoms with Crippen LogP contribution in [0, 0.1) is 11.3 Å². The van der Waals surface area contributed by atoms with Crippen molar-refractivity contribution in [3.05, 3.63) is 75.4 Å². The minimum absolute atomic E-state index is 0.0624. The van der Waals surface area contributed by atoms with Crippen LogP contribution < -0.4 is 5.32 Å². The summed E-state index contributed by atoms with van der Waals surface area (Å²) in [6.07, 6.45) is -3.67. The number of carbonyl (C=O) groups is 1. The molecule has 0 radical (unpaired) electrons. The van der Waals surface area contributed by atoms with Crippen LogP contribution in [-0.2, 0) is 18.4 Å². The summed E-state index contributed by atoms with van der Waals surface area (Å²) < 4.78 is 37.2. The minimum Gasteiger partial charge on any atom is -0.305 e. The first kappa shape index (κ1) is 19.4. The van der Waals surface area contributed by atoms with Gasteiger partial charge in [-0.2, -0.15) is 18.4 Å². The number of Topliss-reactive ketones (excluding diaryl/α,β-unsaturated/α-hetero) is 1. The van der Waals surface area contributed by atoms with Crippen molar-refractivity contribution in [1.29, 1.82) is 5.26 Å². The molecule has 2 aliphatic carbocycles. The molecule has 4 rings (SSSR count). The zero-order valence-corrected chi connectivity index (χ0v) is 16.1. The molecule has 0 fully saturated rings. The highest BCUT2D eigenvalue weighted by molar-refractivity contribution is 6.32. The van der Waals surface area contributed by atoms with E-state index in [1.807, 2.05) is 32.0 Å². The second-order valence-corrected chi connectivity index (χ2v) is 8.07. The molecule has 3 nitrogen and oxygen atoms in total. The fraction of sp³-hybridized carbons (Fsp3) is 0.304. The average molecular weight is 396 g/mol. The van der Waals surface area contributed by atoms with Crippen molar-refractivity contribution >= 4 is 11.4 Å². The highest BCUT2D eigenvalue weighted by Crippen LogP contribution is 2.50. The van der Waals surface area contributed by atoms with Gasteiger partial charge in [0.25, 0.3) is 0 Å². The molecule has 148 valence electrons. The Balaban J connectivity index is 1.70. The van der Waals surface area contributed by atoms with Crippen LogP contribution in [0.3, 0.4) is 0 Å². The number of carbonyl (C=O) groups excluding carboxylic acids is 1. The molecule has 0 heterocycles. The summed E-state index contributed by atoms with van der Waals surface area (Å²) >= 11 is 0. The molecule has 6 heteroatoms. The van der Waals surface area contributed by atoms with E-state index in [9.17, 15) is 18.0 Å². The third-order valence-electron chi connectivity index (χ3n) is 5.81. The van der Waals surface area contributed by atoms with Gasteiger partial charge in [-0.05, 0) is 46.4 Å². The van der Waals surface area contributed by atoms with Gasteiger partial charge in [-0.3, -0.25) is 4.79 Å². The highest BCUT2D eigenvalue weighted by atomic mass is 19.4. The largest absolute Gasteiger partial charge is 0.401 e. The maximum atomic E-state index is 13.3. The quantitative estimate of drug-likeness (QED) is 0.819. The number of nitriles is 1. The number of hydrogen-bond donors (Lipinski definition) is 1. The van der Waals surface area contributed by atoms with Crippen molar-refractivity contribution in [3.63, 3.8) is 0 Å². The Hall–Kier alpha value is -2.91. The van der Waals surface area contributed by atoms with Crippen LogP contribution in [0.2, 0.25) is 0 Å². The lowest BCUT2D eigenvalue weighted by Gasteiger charge is -2.34. The van der Waals surface area contributed by atoms with Gasteiger partial charge in [-0.1, -0.05) is 38.1 Å². The van der Waals surface area contributed by atoms with Gasteiger partial charge in [0.1, 0.15) is 0 Å². The molecule has 0 amide bonds. The van der Waals surface area contributed by atoms with E-state index in [1.165, 1.54) is 0 Å². The van der Waals surface area contributed by atoms with Crippen LogP contribution in [0.25, 0.3) is 5.57 Å².